The minimum Gasteiger partial charge on any atom is -0.487 e. The molecule has 0 atom stereocenters. The van der Waals surface area contributed by atoms with Crippen LogP contribution in [0.1, 0.15) is 5.56 Å². The summed E-state index contributed by atoms with van der Waals surface area (Å²) < 4.78 is 65.9. The summed E-state index contributed by atoms with van der Waals surface area (Å²) in [6.07, 6.45) is -5.63. The number of alkyl halides is 5. The van der Waals surface area contributed by atoms with Crippen molar-refractivity contribution < 1.29 is 26.7 Å². The number of hydrogen-bond acceptors (Lipinski definition) is 2. The van der Waals surface area contributed by atoms with Crippen molar-refractivity contribution in [1.82, 2.24) is 0 Å². The summed E-state index contributed by atoms with van der Waals surface area (Å²) in [6, 6.07) is 4.19. The number of ether oxygens (including phenoxy) is 1. The molecule has 0 spiro atoms. The molecule has 2 N–H and O–H groups in total. The first-order valence-corrected chi connectivity index (χ1v) is 5.52. The van der Waals surface area contributed by atoms with Crippen molar-refractivity contribution in [3.63, 3.8) is 0 Å². The second-order valence-corrected chi connectivity index (χ2v) is 4.41. The maximum absolute atomic E-state index is 12.6. The lowest BCUT2D eigenvalue weighted by molar-refractivity contribution is -0.290. The van der Waals surface area contributed by atoms with E-state index in [0.717, 1.165) is 0 Å². The van der Waals surface area contributed by atoms with Gasteiger partial charge in [-0.25, -0.2) is 0 Å². The van der Waals surface area contributed by atoms with E-state index in [2.05, 4.69) is 20.7 Å². The maximum Gasteiger partial charge on any atom is 0.456 e. The fourth-order valence-corrected chi connectivity index (χ4v) is 1.60. The molecule has 1 rings (SSSR count). The van der Waals surface area contributed by atoms with Crippen LogP contribution in [-0.2, 0) is 6.54 Å². The van der Waals surface area contributed by atoms with Gasteiger partial charge >= 0.3 is 12.1 Å². The van der Waals surface area contributed by atoms with Crippen molar-refractivity contribution in [1.29, 1.82) is 0 Å². The van der Waals surface area contributed by atoms with Gasteiger partial charge in [0, 0.05) is 11.0 Å². The smallest absolute Gasteiger partial charge is 0.456 e. The Labute approximate surface area is 108 Å². The minimum atomic E-state index is -5.63. The van der Waals surface area contributed by atoms with E-state index < -0.39 is 18.7 Å². The second kappa shape index (κ2) is 5.40. The van der Waals surface area contributed by atoms with E-state index >= 15 is 0 Å². The Morgan fingerprint density at radius 2 is 1.72 bits per heavy atom. The first kappa shape index (κ1) is 15.2. The standard InChI is InChI=1S/C10H9BrF5NO/c11-7-1-6(4-17)2-8(3-7)18-5-9(12,13)10(14,15)16/h1-3H,4-5,17H2. The molecular formula is C10H9BrF5NO. The molecule has 0 saturated carbocycles. The van der Waals surface area contributed by atoms with Crippen LogP contribution in [0.3, 0.4) is 0 Å². The number of hydrogen-bond donors (Lipinski definition) is 1. The van der Waals surface area contributed by atoms with Gasteiger partial charge in [0.25, 0.3) is 0 Å². The molecule has 0 bridgehead atoms. The van der Waals surface area contributed by atoms with Crippen LogP contribution in [0.4, 0.5) is 22.0 Å². The number of benzene rings is 1. The van der Waals surface area contributed by atoms with Crippen molar-refractivity contribution in [3.8, 4) is 5.75 Å². The van der Waals surface area contributed by atoms with E-state index in [1.54, 1.807) is 6.07 Å². The van der Waals surface area contributed by atoms with E-state index in [9.17, 15) is 22.0 Å². The second-order valence-electron chi connectivity index (χ2n) is 3.49. The van der Waals surface area contributed by atoms with Gasteiger partial charge in [0.05, 0.1) is 0 Å². The molecule has 102 valence electrons. The van der Waals surface area contributed by atoms with Crippen LogP contribution in [0.2, 0.25) is 0 Å². The predicted molar refractivity (Wildman–Crippen MR) is 58.5 cm³/mol. The molecule has 0 saturated heterocycles. The van der Waals surface area contributed by atoms with Gasteiger partial charge in [-0.15, -0.1) is 0 Å². The zero-order valence-electron chi connectivity index (χ0n) is 8.90. The fraction of sp³-hybridized carbons (Fsp3) is 0.400. The average molecular weight is 334 g/mol. The summed E-state index contributed by atoms with van der Waals surface area (Å²) in [5, 5.41) is 0. The lowest BCUT2D eigenvalue weighted by atomic mass is 10.2. The van der Waals surface area contributed by atoms with Crippen LogP contribution in [0, 0.1) is 0 Å². The first-order chi connectivity index (χ1) is 8.15. The summed E-state index contributed by atoms with van der Waals surface area (Å²) in [5.41, 5.74) is 5.88. The molecule has 0 aliphatic carbocycles. The molecule has 0 amide bonds. The number of rotatable bonds is 4. The number of nitrogens with two attached hydrogens (primary N) is 1. The lowest BCUT2D eigenvalue weighted by Crippen LogP contribution is -2.41. The van der Waals surface area contributed by atoms with Crippen LogP contribution in [0.25, 0.3) is 0 Å². The maximum atomic E-state index is 12.6. The minimum absolute atomic E-state index is 0.103. The van der Waals surface area contributed by atoms with Gasteiger partial charge in [0.1, 0.15) is 5.75 Å². The molecule has 1 aromatic carbocycles. The highest BCUT2D eigenvalue weighted by Gasteiger charge is 2.58. The molecule has 0 aromatic heterocycles. The lowest BCUT2D eigenvalue weighted by Gasteiger charge is -2.20. The van der Waals surface area contributed by atoms with E-state index in [0.29, 0.717) is 10.0 Å². The van der Waals surface area contributed by atoms with Crippen LogP contribution in [0.15, 0.2) is 22.7 Å². The van der Waals surface area contributed by atoms with Crippen molar-refractivity contribution in [2.45, 2.75) is 18.6 Å². The third-order valence-corrected chi connectivity index (χ3v) is 2.46. The van der Waals surface area contributed by atoms with Gasteiger partial charge in [-0.1, -0.05) is 15.9 Å². The highest BCUT2D eigenvalue weighted by Crippen LogP contribution is 2.36. The molecule has 0 unspecified atom stereocenters. The fourth-order valence-electron chi connectivity index (χ4n) is 1.08. The number of halogens is 6. The van der Waals surface area contributed by atoms with Crippen LogP contribution in [-0.4, -0.2) is 18.7 Å². The van der Waals surface area contributed by atoms with Gasteiger partial charge in [-0.2, -0.15) is 22.0 Å². The summed E-state index contributed by atoms with van der Waals surface area (Å²) in [4.78, 5) is 0. The van der Waals surface area contributed by atoms with Gasteiger partial charge in [0.2, 0.25) is 0 Å². The van der Waals surface area contributed by atoms with Crippen molar-refractivity contribution in [2.75, 3.05) is 6.61 Å². The van der Waals surface area contributed by atoms with Gasteiger partial charge < -0.3 is 10.5 Å². The molecule has 1 aromatic rings. The Bertz CT molecular complexity index is 421. The summed E-state index contributed by atoms with van der Waals surface area (Å²) in [5.74, 6) is -4.99. The molecule has 2 nitrogen and oxygen atoms in total. The third-order valence-electron chi connectivity index (χ3n) is 2.00. The molecule has 0 aliphatic heterocycles. The van der Waals surface area contributed by atoms with Crippen molar-refractivity contribution in [2.24, 2.45) is 5.73 Å². The Balaban J connectivity index is 2.78. The normalized spacial score (nSPS) is 12.6. The topological polar surface area (TPSA) is 35.2 Å². The summed E-state index contributed by atoms with van der Waals surface area (Å²) >= 11 is 3.07. The van der Waals surface area contributed by atoms with E-state index in [-0.39, 0.29) is 12.3 Å². The molecule has 0 radical (unpaired) electrons. The Morgan fingerprint density at radius 1 is 1.11 bits per heavy atom. The predicted octanol–water partition coefficient (Wildman–Crippen LogP) is 3.48. The monoisotopic (exact) mass is 333 g/mol. The molecule has 8 heteroatoms. The van der Waals surface area contributed by atoms with Crippen LogP contribution < -0.4 is 10.5 Å². The zero-order chi connectivity index (χ0) is 14.0. The van der Waals surface area contributed by atoms with Crippen molar-refractivity contribution in [3.05, 3.63) is 28.2 Å². The van der Waals surface area contributed by atoms with Gasteiger partial charge in [0.15, 0.2) is 6.61 Å². The summed E-state index contributed by atoms with van der Waals surface area (Å²) in [7, 11) is 0. The van der Waals surface area contributed by atoms with E-state index in [4.69, 9.17) is 5.73 Å². The van der Waals surface area contributed by atoms with Crippen LogP contribution >= 0.6 is 15.9 Å². The highest BCUT2D eigenvalue weighted by atomic mass is 79.9. The Morgan fingerprint density at radius 3 is 2.22 bits per heavy atom. The molecule has 0 fully saturated rings. The van der Waals surface area contributed by atoms with E-state index in [1.165, 1.54) is 12.1 Å². The summed E-state index contributed by atoms with van der Waals surface area (Å²) in [6.45, 7) is -1.65. The Hall–Kier alpha value is -0.890. The molecule has 0 aliphatic rings. The van der Waals surface area contributed by atoms with Crippen molar-refractivity contribution >= 4 is 15.9 Å². The van der Waals surface area contributed by atoms with Crippen LogP contribution in [0.5, 0.6) is 5.75 Å². The quantitative estimate of drug-likeness (QED) is 0.856. The third kappa shape index (κ3) is 3.81. The highest BCUT2D eigenvalue weighted by molar-refractivity contribution is 9.10. The molecule has 0 heterocycles. The first-order valence-electron chi connectivity index (χ1n) is 4.72. The zero-order valence-corrected chi connectivity index (χ0v) is 10.5. The van der Waals surface area contributed by atoms with E-state index in [1.807, 2.05) is 0 Å². The van der Waals surface area contributed by atoms with Gasteiger partial charge in [-0.3, -0.25) is 0 Å². The Kier molecular flexibility index (Phi) is 4.55. The molecular weight excluding hydrogens is 325 g/mol. The average Bonchev–Trinajstić information content (AvgIpc) is 2.24. The largest absolute Gasteiger partial charge is 0.487 e. The molecule has 18 heavy (non-hydrogen) atoms. The SMILES string of the molecule is NCc1cc(Br)cc(OCC(F)(F)C(F)(F)F)c1. The van der Waals surface area contributed by atoms with Gasteiger partial charge in [-0.05, 0) is 23.8 Å².